The van der Waals surface area contributed by atoms with Crippen molar-refractivity contribution in [2.24, 2.45) is 0 Å². The van der Waals surface area contributed by atoms with E-state index in [9.17, 15) is 10.5 Å². The number of hydrogen-bond donors (Lipinski definition) is 1. The normalized spacial score (nSPS) is 10.8. The van der Waals surface area contributed by atoms with Crippen LogP contribution in [0.4, 0.5) is 5.82 Å². The molecule has 0 fully saturated rings. The van der Waals surface area contributed by atoms with Crippen LogP contribution in [0.2, 0.25) is 0 Å². The minimum Gasteiger partial charge on any atom is -0.382 e. The zero-order valence-corrected chi connectivity index (χ0v) is 12.7. The van der Waals surface area contributed by atoms with E-state index in [2.05, 4.69) is 17.2 Å². The fourth-order valence-corrected chi connectivity index (χ4v) is 2.37. The van der Waals surface area contributed by atoms with Crippen LogP contribution in [-0.4, -0.2) is 9.78 Å². The van der Waals surface area contributed by atoms with Crippen LogP contribution in [-0.2, 0) is 0 Å². The van der Waals surface area contributed by atoms with Crippen LogP contribution in [0, 0.1) is 22.7 Å². The maximum Gasteiger partial charge on any atom is 0.145 e. The Balaban J connectivity index is 2.16. The second kappa shape index (κ2) is 6.51. The Bertz CT molecular complexity index is 970. The molecule has 0 bridgehead atoms. The molecule has 0 aliphatic carbocycles. The monoisotopic (exact) mass is 311 g/mol. The number of nitrogen functional groups attached to an aromatic ring is 1. The molecule has 0 radical (unpaired) electrons. The van der Waals surface area contributed by atoms with Gasteiger partial charge in [0, 0.05) is 0 Å². The molecule has 0 aliphatic rings. The lowest BCUT2D eigenvalue weighted by Crippen LogP contribution is -2.02. The number of rotatable bonds is 3. The molecular formula is C19H13N5. The number of hydrogen-bond acceptors (Lipinski definition) is 4. The second-order valence-electron chi connectivity index (χ2n) is 5.05. The molecule has 0 saturated heterocycles. The van der Waals surface area contributed by atoms with Crippen molar-refractivity contribution in [1.29, 1.82) is 10.5 Å². The van der Waals surface area contributed by atoms with Gasteiger partial charge in [-0.3, -0.25) is 0 Å². The maximum absolute atomic E-state index is 9.51. The third-order valence-electron chi connectivity index (χ3n) is 3.52. The quantitative estimate of drug-likeness (QED) is 0.750. The maximum atomic E-state index is 9.51. The van der Waals surface area contributed by atoms with Crippen molar-refractivity contribution in [3.63, 3.8) is 0 Å². The van der Waals surface area contributed by atoms with Crippen LogP contribution in [0.1, 0.15) is 16.8 Å². The summed E-state index contributed by atoms with van der Waals surface area (Å²) in [4.78, 5) is 0. The Morgan fingerprint density at radius 2 is 1.62 bits per heavy atom. The van der Waals surface area contributed by atoms with Crippen LogP contribution in [0.3, 0.4) is 0 Å². The number of para-hydroxylation sites is 1. The number of anilines is 1. The van der Waals surface area contributed by atoms with Crippen LogP contribution in [0.25, 0.3) is 17.3 Å². The van der Waals surface area contributed by atoms with E-state index in [0.29, 0.717) is 5.57 Å². The zero-order chi connectivity index (χ0) is 16.9. The summed E-state index contributed by atoms with van der Waals surface area (Å²) in [6.07, 6.45) is 1.69. The van der Waals surface area contributed by atoms with Crippen LogP contribution >= 0.6 is 0 Å². The van der Waals surface area contributed by atoms with Crippen molar-refractivity contribution in [3.05, 3.63) is 77.5 Å². The molecule has 3 rings (SSSR count). The standard InChI is InChI=1S/C19H13N5/c20-12-15(11-14-7-3-1-4-8-14)18-17(13-21)19(22)24(23-18)16-9-5-2-6-10-16/h1-11H,22H2. The second-order valence-corrected chi connectivity index (χ2v) is 5.05. The molecule has 5 heteroatoms. The molecule has 1 aromatic heterocycles. The summed E-state index contributed by atoms with van der Waals surface area (Å²) in [6, 6.07) is 22.8. The van der Waals surface area contributed by atoms with E-state index in [1.807, 2.05) is 60.7 Å². The summed E-state index contributed by atoms with van der Waals surface area (Å²) in [5.74, 6) is 0.216. The van der Waals surface area contributed by atoms with Gasteiger partial charge < -0.3 is 5.73 Å². The Hall–Kier alpha value is -3.83. The molecule has 2 aromatic carbocycles. The molecule has 2 N–H and O–H groups in total. The smallest absolute Gasteiger partial charge is 0.145 e. The largest absolute Gasteiger partial charge is 0.382 e. The van der Waals surface area contributed by atoms with Crippen molar-refractivity contribution in [2.75, 3.05) is 5.73 Å². The Labute approximate surface area is 139 Å². The minimum absolute atomic E-state index is 0.197. The Morgan fingerprint density at radius 3 is 2.21 bits per heavy atom. The molecule has 0 atom stereocenters. The van der Waals surface area contributed by atoms with E-state index < -0.39 is 0 Å². The summed E-state index contributed by atoms with van der Waals surface area (Å²) < 4.78 is 1.48. The van der Waals surface area contributed by atoms with E-state index in [0.717, 1.165) is 11.3 Å². The van der Waals surface area contributed by atoms with Gasteiger partial charge in [-0.15, -0.1) is 0 Å². The van der Waals surface area contributed by atoms with Gasteiger partial charge in [0.25, 0.3) is 0 Å². The summed E-state index contributed by atoms with van der Waals surface area (Å²) in [5.41, 5.74) is 8.43. The van der Waals surface area contributed by atoms with Gasteiger partial charge in [-0.05, 0) is 23.8 Å². The van der Waals surface area contributed by atoms with Crippen molar-refractivity contribution >= 4 is 17.5 Å². The molecular weight excluding hydrogens is 298 g/mol. The van der Waals surface area contributed by atoms with Crippen molar-refractivity contribution in [1.82, 2.24) is 9.78 Å². The molecule has 0 spiro atoms. The van der Waals surface area contributed by atoms with Crippen molar-refractivity contribution in [2.45, 2.75) is 0 Å². The van der Waals surface area contributed by atoms with Gasteiger partial charge in [0.15, 0.2) is 0 Å². The number of allylic oxidation sites excluding steroid dienone is 1. The number of nitriles is 2. The lowest BCUT2D eigenvalue weighted by Gasteiger charge is -2.02. The molecule has 114 valence electrons. The third kappa shape index (κ3) is 2.75. The summed E-state index contributed by atoms with van der Waals surface area (Å²) >= 11 is 0. The number of benzene rings is 2. The molecule has 1 heterocycles. The molecule has 3 aromatic rings. The van der Waals surface area contributed by atoms with Crippen molar-refractivity contribution < 1.29 is 0 Å². The molecule has 24 heavy (non-hydrogen) atoms. The average molecular weight is 311 g/mol. The Kier molecular flexibility index (Phi) is 4.09. The molecule has 0 aliphatic heterocycles. The van der Waals surface area contributed by atoms with E-state index in [-0.39, 0.29) is 17.1 Å². The summed E-state index contributed by atoms with van der Waals surface area (Å²) in [6.45, 7) is 0. The van der Waals surface area contributed by atoms with Crippen LogP contribution < -0.4 is 5.73 Å². The molecule has 0 saturated carbocycles. The van der Waals surface area contributed by atoms with Gasteiger partial charge in [-0.1, -0.05) is 48.5 Å². The predicted molar refractivity (Wildman–Crippen MR) is 92.6 cm³/mol. The van der Waals surface area contributed by atoms with E-state index in [1.54, 1.807) is 6.08 Å². The fraction of sp³-hybridized carbons (Fsp3) is 0. The molecule has 0 unspecified atom stereocenters. The lowest BCUT2D eigenvalue weighted by atomic mass is 10.1. The summed E-state index contributed by atoms with van der Waals surface area (Å²) in [5, 5.41) is 23.4. The first kappa shape index (κ1) is 15.1. The zero-order valence-electron chi connectivity index (χ0n) is 12.7. The lowest BCUT2D eigenvalue weighted by molar-refractivity contribution is 0.885. The molecule has 5 nitrogen and oxygen atoms in total. The third-order valence-corrected chi connectivity index (χ3v) is 3.52. The average Bonchev–Trinajstić information content (AvgIpc) is 2.97. The van der Waals surface area contributed by atoms with E-state index in [1.165, 1.54) is 4.68 Å². The van der Waals surface area contributed by atoms with E-state index >= 15 is 0 Å². The van der Waals surface area contributed by atoms with Gasteiger partial charge in [0.2, 0.25) is 0 Å². The first-order valence-corrected chi connectivity index (χ1v) is 7.26. The topological polar surface area (TPSA) is 91.4 Å². The van der Waals surface area contributed by atoms with Crippen molar-refractivity contribution in [3.8, 4) is 17.8 Å². The highest BCUT2D eigenvalue weighted by Crippen LogP contribution is 2.26. The number of nitrogens with two attached hydrogens (primary N) is 1. The number of aromatic nitrogens is 2. The fourth-order valence-electron chi connectivity index (χ4n) is 2.37. The highest BCUT2D eigenvalue weighted by Gasteiger charge is 2.19. The Morgan fingerprint density at radius 1 is 1.00 bits per heavy atom. The predicted octanol–water partition coefficient (Wildman–Crippen LogP) is 3.39. The minimum atomic E-state index is 0.197. The van der Waals surface area contributed by atoms with Crippen LogP contribution in [0.15, 0.2) is 60.7 Å². The van der Waals surface area contributed by atoms with Gasteiger partial charge >= 0.3 is 0 Å². The number of nitrogens with zero attached hydrogens (tertiary/aromatic N) is 4. The van der Waals surface area contributed by atoms with Gasteiger partial charge in [0.05, 0.1) is 11.3 Å². The molecule has 0 amide bonds. The van der Waals surface area contributed by atoms with Gasteiger partial charge in [0.1, 0.15) is 29.2 Å². The highest BCUT2D eigenvalue weighted by atomic mass is 15.3. The highest BCUT2D eigenvalue weighted by molar-refractivity contribution is 5.91. The first-order valence-electron chi connectivity index (χ1n) is 7.26. The SMILES string of the molecule is N#CC(=Cc1ccccc1)c1nn(-c2ccccc2)c(N)c1C#N. The van der Waals surface area contributed by atoms with E-state index in [4.69, 9.17) is 5.73 Å². The van der Waals surface area contributed by atoms with Gasteiger partial charge in [-0.2, -0.15) is 15.6 Å². The van der Waals surface area contributed by atoms with Crippen LogP contribution in [0.5, 0.6) is 0 Å². The summed E-state index contributed by atoms with van der Waals surface area (Å²) in [7, 11) is 0. The van der Waals surface area contributed by atoms with Gasteiger partial charge in [-0.25, -0.2) is 4.68 Å². The first-order chi connectivity index (χ1) is 11.7.